The van der Waals surface area contributed by atoms with Crippen LogP contribution in [0.1, 0.15) is 11.1 Å². The normalized spacial score (nSPS) is 11.1. The molecule has 0 spiro atoms. The van der Waals surface area contributed by atoms with E-state index < -0.39 is 11.7 Å². The first-order chi connectivity index (χ1) is 9.49. The lowest BCUT2D eigenvalue weighted by Crippen LogP contribution is -2.04. The largest absolute Gasteiger partial charge is 0.416 e. The van der Waals surface area contributed by atoms with Crippen molar-refractivity contribution in [2.24, 2.45) is 0 Å². The van der Waals surface area contributed by atoms with E-state index in [1.807, 2.05) is 12.1 Å². The third-order valence-electron chi connectivity index (χ3n) is 2.63. The Morgan fingerprint density at radius 3 is 2.35 bits per heavy atom. The highest BCUT2D eigenvalue weighted by Crippen LogP contribution is 2.32. The van der Waals surface area contributed by atoms with Gasteiger partial charge in [-0.15, -0.1) is 11.8 Å². The van der Waals surface area contributed by atoms with Crippen molar-refractivity contribution >= 4 is 17.4 Å². The van der Waals surface area contributed by atoms with Crippen LogP contribution in [-0.4, -0.2) is 0 Å². The average Bonchev–Trinajstić information content (AvgIpc) is 2.45. The van der Waals surface area contributed by atoms with Gasteiger partial charge in [0.2, 0.25) is 0 Å². The SMILES string of the molecule is [C-]#[N+]c1ccc(CSc2cccc(C(F)(F)F)c2)cc1. The van der Waals surface area contributed by atoms with Gasteiger partial charge >= 0.3 is 6.18 Å². The van der Waals surface area contributed by atoms with Crippen molar-refractivity contribution in [2.45, 2.75) is 16.8 Å². The lowest BCUT2D eigenvalue weighted by Gasteiger charge is -2.08. The van der Waals surface area contributed by atoms with Crippen molar-refractivity contribution in [2.75, 3.05) is 0 Å². The molecule has 102 valence electrons. The molecule has 0 aliphatic rings. The summed E-state index contributed by atoms with van der Waals surface area (Å²) in [4.78, 5) is 3.86. The molecule has 0 amide bonds. The minimum atomic E-state index is -4.31. The molecule has 0 aliphatic heterocycles. The topological polar surface area (TPSA) is 4.36 Å². The van der Waals surface area contributed by atoms with Crippen LogP contribution in [0.15, 0.2) is 53.4 Å². The molecular weight excluding hydrogens is 283 g/mol. The highest BCUT2D eigenvalue weighted by atomic mass is 32.2. The van der Waals surface area contributed by atoms with Gasteiger partial charge in [0.1, 0.15) is 0 Å². The van der Waals surface area contributed by atoms with Crippen molar-refractivity contribution in [3.05, 3.63) is 71.1 Å². The van der Waals surface area contributed by atoms with Crippen LogP contribution < -0.4 is 0 Å². The van der Waals surface area contributed by atoms with E-state index in [2.05, 4.69) is 4.85 Å². The van der Waals surface area contributed by atoms with Crippen molar-refractivity contribution in [3.8, 4) is 0 Å². The van der Waals surface area contributed by atoms with E-state index in [0.29, 0.717) is 16.3 Å². The van der Waals surface area contributed by atoms with Crippen LogP contribution in [0.25, 0.3) is 4.85 Å². The zero-order valence-electron chi connectivity index (χ0n) is 10.3. The van der Waals surface area contributed by atoms with Gasteiger partial charge in [-0.2, -0.15) is 13.2 Å². The monoisotopic (exact) mass is 293 g/mol. The van der Waals surface area contributed by atoms with Crippen molar-refractivity contribution in [3.63, 3.8) is 0 Å². The van der Waals surface area contributed by atoms with Gasteiger partial charge in [0.25, 0.3) is 0 Å². The van der Waals surface area contributed by atoms with Crippen LogP contribution in [0.3, 0.4) is 0 Å². The third-order valence-corrected chi connectivity index (χ3v) is 3.70. The molecule has 0 atom stereocenters. The lowest BCUT2D eigenvalue weighted by atomic mass is 10.2. The number of nitrogens with zero attached hydrogens (tertiary/aromatic N) is 1. The molecule has 1 nitrogen and oxygen atoms in total. The Morgan fingerprint density at radius 2 is 1.75 bits per heavy atom. The van der Waals surface area contributed by atoms with Gasteiger partial charge in [-0.3, -0.25) is 0 Å². The minimum absolute atomic E-state index is 0.554. The summed E-state index contributed by atoms with van der Waals surface area (Å²) in [6.07, 6.45) is -4.31. The van der Waals surface area contributed by atoms with E-state index in [-0.39, 0.29) is 0 Å². The van der Waals surface area contributed by atoms with Crippen molar-refractivity contribution in [1.29, 1.82) is 0 Å². The summed E-state index contributed by atoms with van der Waals surface area (Å²) in [6.45, 7) is 6.85. The summed E-state index contributed by atoms with van der Waals surface area (Å²) >= 11 is 1.34. The number of benzene rings is 2. The first-order valence-corrected chi connectivity index (χ1v) is 6.74. The fraction of sp³-hybridized carbons (Fsp3) is 0.133. The number of alkyl halides is 3. The highest BCUT2D eigenvalue weighted by Gasteiger charge is 2.30. The molecule has 0 aromatic heterocycles. The Labute approximate surface area is 119 Å². The summed E-state index contributed by atoms with van der Waals surface area (Å²) in [5.74, 6) is 0.569. The molecular formula is C15H10F3NS. The fourth-order valence-electron chi connectivity index (χ4n) is 1.60. The van der Waals surface area contributed by atoms with E-state index in [4.69, 9.17) is 6.57 Å². The molecule has 0 N–H and O–H groups in total. The van der Waals surface area contributed by atoms with Crippen LogP contribution in [0.4, 0.5) is 18.9 Å². The van der Waals surface area contributed by atoms with E-state index in [9.17, 15) is 13.2 Å². The Balaban J connectivity index is 2.05. The van der Waals surface area contributed by atoms with E-state index in [1.165, 1.54) is 17.8 Å². The van der Waals surface area contributed by atoms with Gasteiger partial charge in [0, 0.05) is 10.6 Å². The molecule has 0 aliphatic carbocycles. The Bertz CT molecular complexity index is 627. The summed E-state index contributed by atoms with van der Waals surface area (Å²) in [5, 5.41) is 0. The minimum Gasteiger partial charge on any atom is -0.238 e. The summed E-state index contributed by atoms with van der Waals surface area (Å²) in [5.41, 5.74) is 0.892. The fourth-order valence-corrected chi connectivity index (χ4v) is 2.51. The molecule has 20 heavy (non-hydrogen) atoms. The van der Waals surface area contributed by atoms with Gasteiger partial charge in [-0.1, -0.05) is 30.3 Å². The van der Waals surface area contributed by atoms with Gasteiger partial charge in [-0.05, 0) is 23.8 Å². The summed E-state index contributed by atoms with van der Waals surface area (Å²) in [6, 6.07) is 12.3. The third kappa shape index (κ3) is 3.78. The second-order valence-corrected chi connectivity index (χ2v) is 5.14. The zero-order valence-corrected chi connectivity index (χ0v) is 11.1. The molecule has 0 bridgehead atoms. The standard InChI is InChI=1S/C15H10F3NS/c1-19-13-7-5-11(6-8-13)10-20-14-4-2-3-12(9-14)15(16,17)18/h2-9H,10H2. The van der Waals surface area contributed by atoms with E-state index in [0.717, 1.165) is 17.7 Å². The average molecular weight is 293 g/mol. The van der Waals surface area contributed by atoms with Gasteiger partial charge < -0.3 is 0 Å². The molecule has 5 heteroatoms. The van der Waals surface area contributed by atoms with Crippen LogP contribution in [-0.2, 0) is 11.9 Å². The number of thioether (sulfide) groups is 1. The van der Waals surface area contributed by atoms with Crippen molar-refractivity contribution in [1.82, 2.24) is 0 Å². The second kappa shape index (κ2) is 6.02. The van der Waals surface area contributed by atoms with Crippen LogP contribution in [0.2, 0.25) is 0 Å². The number of halogens is 3. The first kappa shape index (κ1) is 14.5. The molecule has 0 unspecified atom stereocenters. The molecule has 0 saturated carbocycles. The smallest absolute Gasteiger partial charge is 0.238 e. The number of hydrogen-bond acceptors (Lipinski definition) is 1. The van der Waals surface area contributed by atoms with E-state index in [1.54, 1.807) is 18.2 Å². The molecule has 2 rings (SSSR count). The van der Waals surface area contributed by atoms with Crippen LogP contribution in [0.5, 0.6) is 0 Å². The molecule has 0 fully saturated rings. The van der Waals surface area contributed by atoms with Crippen LogP contribution >= 0.6 is 11.8 Å². The maximum Gasteiger partial charge on any atom is 0.416 e. The number of rotatable bonds is 3. The lowest BCUT2D eigenvalue weighted by molar-refractivity contribution is -0.137. The maximum atomic E-state index is 12.6. The Morgan fingerprint density at radius 1 is 1.05 bits per heavy atom. The molecule has 2 aromatic rings. The van der Waals surface area contributed by atoms with Crippen LogP contribution in [0, 0.1) is 6.57 Å². The molecule has 0 radical (unpaired) electrons. The van der Waals surface area contributed by atoms with Crippen molar-refractivity contribution < 1.29 is 13.2 Å². The first-order valence-electron chi connectivity index (χ1n) is 5.75. The molecule has 2 aromatic carbocycles. The predicted octanol–water partition coefficient (Wildman–Crippen LogP) is 5.55. The summed E-state index contributed by atoms with van der Waals surface area (Å²) in [7, 11) is 0. The Kier molecular flexibility index (Phi) is 4.35. The molecule has 0 heterocycles. The second-order valence-electron chi connectivity index (χ2n) is 4.09. The zero-order chi connectivity index (χ0) is 14.6. The quantitative estimate of drug-likeness (QED) is 0.530. The van der Waals surface area contributed by atoms with E-state index >= 15 is 0 Å². The number of hydrogen-bond donors (Lipinski definition) is 0. The van der Waals surface area contributed by atoms with Gasteiger partial charge in [-0.25, -0.2) is 4.85 Å². The maximum absolute atomic E-state index is 12.6. The van der Waals surface area contributed by atoms with Gasteiger partial charge in [0.15, 0.2) is 5.69 Å². The van der Waals surface area contributed by atoms with Gasteiger partial charge in [0.05, 0.1) is 12.1 Å². The predicted molar refractivity (Wildman–Crippen MR) is 73.7 cm³/mol. The Hall–Kier alpha value is -1.93. The molecule has 0 saturated heterocycles. The summed E-state index contributed by atoms with van der Waals surface area (Å²) < 4.78 is 37.7. The highest BCUT2D eigenvalue weighted by molar-refractivity contribution is 7.98.